The summed E-state index contributed by atoms with van der Waals surface area (Å²) in [5.74, 6) is 6.31. The normalized spacial score (nSPS) is 8.84. The van der Waals surface area contributed by atoms with E-state index in [4.69, 9.17) is 16.9 Å². The van der Waals surface area contributed by atoms with Crippen molar-refractivity contribution >= 4 is 11.6 Å². The van der Waals surface area contributed by atoms with Gasteiger partial charge >= 0.3 is 5.69 Å². The molecule has 0 fully saturated rings. The van der Waals surface area contributed by atoms with Gasteiger partial charge in [0.25, 0.3) is 0 Å². The van der Waals surface area contributed by atoms with Crippen molar-refractivity contribution in [1.82, 2.24) is 0 Å². The van der Waals surface area contributed by atoms with Crippen LogP contribution in [0.15, 0.2) is 12.1 Å². The molecule has 2 N–H and O–H groups in total. The Balaban J connectivity index is 3.50. The van der Waals surface area contributed by atoms with Crippen LogP contribution in [0.3, 0.4) is 0 Å². The number of nitro groups is 1. The molecule has 1 rings (SSSR count). The molecular weight excluding hydrogens is 248 g/mol. The van der Waals surface area contributed by atoms with Crippen molar-refractivity contribution in [2.45, 2.75) is 6.42 Å². The number of carbonyl (C=O) groups excluding carboxylic acids is 1. The van der Waals surface area contributed by atoms with E-state index in [1.165, 1.54) is 13.2 Å². The van der Waals surface area contributed by atoms with Gasteiger partial charge in [-0.2, -0.15) is 0 Å². The van der Waals surface area contributed by atoms with Crippen LogP contribution in [0.25, 0.3) is 0 Å². The Morgan fingerprint density at radius 1 is 1.58 bits per heavy atom. The molecule has 0 bridgehead atoms. The summed E-state index contributed by atoms with van der Waals surface area (Å²) in [6.45, 7) is 0. The monoisotopic (exact) mass is 258 g/mol. The van der Waals surface area contributed by atoms with Crippen LogP contribution in [0.1, 0.15) is 15.9 Å². The minimum Gasteiger partial charge on any atom is -0.490 e. The van der Waals surface area contributed by atoms with Crippen LogP contribution in [0, 0.1) is 34.3 Å². The van der Waals surface area contributed by atoms with Crippen LogP contribution < -0.4 is 10.5 Å². The number of carbonyl (C=O) groups is 1. The first-order valence-electron chi connectivity index (χ1n) is 5.10. The average molecular weight is 258 g/mol. The number of hydrogen-bond donors (Lipinski definition) is 1. The van der Waals surface area contributed by atoms with Gasteiger partial charge in [-0.15, -0.1) is 6.42 Å². The molecule has 19 heavy (non-hydrogen) atoms. The van der Waals surface area contributed by atoms with Gasteiger partial charge in [-0.05, 0) is 17.9 Å². The number of amides is 1. The third-order valence-corrected chi connectivity index (χ3v) is 2.33. The van der Waals surface area contributed by atoms with Crippen molar-refractivity contribution < 1.29 is 14.5 Å². The standard InChI is InChI=1S/C13H10N2O4/c1-3-4-5-6-9-10(13(14)16)7-8-11(15(17)18)12(9)19-2/h1,7-8H,6H2,2H3,(H2,14,16). The fourth-order valence-electron chi connectivity index (χ4n) is 1.58. The van der Waals surface area contributed by atoms with Crippen LogP contribution >= 0.6 is 0 Å². The predicted molar refractivity (Wildman–Crippen MR) is 68.5 cm³/mol. The van der Waals surface area contributed by atoms with Gasteiger partial charge in [-0.1, -0.05) is 5.92 Å². The quantitative estimate of drug-likeness (QED) is 0.492. The molecule has 6 nitrogen and oxygen atoms in total. The molecule has 0 heterocycles. The largest absolute Gasteiger partial charge is 0.490 e. The number of hydrogen-bond acceptors (Lipinski definition) is 4. The smallest absolute Gasteiger partial charge is 0.311 e. The Labute approximate surface area is 109 Å². The van der Waals surface area contributed by atoms with E-state index in [-0.39, 0.29) is 29.0 Å². The van der Waals surface area contributed by atoms with E-state index in [2.05, 4.69) is 17.8 Å². The van der Waals surface area contributed by atoms with Gasteiger partial charge in [-0.3, -0.25) is 14.9 Å². The van der Waals surface area contributed by atoms with E-state index < -0.39 is 10.8 Å². The Morgan fingerprint density at radius 3 is 2.74 bits per heavy atom. The maximum absolute atomic E-state index is 11.3. The molecular formula is C13H10N2O4. The summed E-state index contributed by atoms with van der Waals surface area (Å²) in [5.41, 5.74) is 5.33. The molecule has 1 amide bonds. The van der Waals surface area contributed by atoms with Crippen LogP contribution in [0.5, 0.6) is 5.75 Å². The SMILES string of the molecule is C#CC#CCc1c(C(N)=O)ccc([N+](=O)[O-])c1OC. The Kier molecular flexibility index (Phi) is 4.50. The molecule has 0 spiro atoms. The summed E-state index contributed by atoms with van der Waals surface area (Å²) in [6, 6.07) is 2.44. The van der Waals surface area contributed by atoms with Gasteiger partial charge in [-0.25, -0.2) is 0 Å². The summed E-state index contributed by atoms with van der Waals surface area (Å²) in [5, 5.41) is 10.9. The van der Waals surface area contributed by atoms with Gasteiger partial charge in [0, 0.05) is 23.6 Å². The summed E-state index contributed by atoms with van der Waals surface area (Å²) < 4.78 is 4.99. The van der Waals surface area contributed by atoms with E-state index in [9.17, 15) is 14.9 Å². The number of rotatable bonds is 4. The Bertz CT molecular complexity index is 633. The van der Waals surface area contributed by atoms with Crippen LogP contribution in [0.4, 0.5) is 5.69 Å². The average Bonchev–Trinajstić information content (AvgIpc) is 2.37. The number of primary amides is 1. The van der Waals surface area contributed by atoms with E-state index in [1.54, 1.807) is 0 Å². The Hall–Kier alpha value is -2.99. The highest BCUT2D eigenvalue weighted by atomic mass is 16.6. The highest BCUT2D eigenvalue weighted by molar-refractivity contribution is 5.95. The maximum Gasteiger partial charge on any atom is 0.311 e. The molecule has 0 aromatic heterocycles. The fraction of sp³-hybridized carbons (Fsp3) is 0.154. The first-order valence-corrected chi connectivity index (χ1v) is 5.10. The second kappa shape index (κ2) is 6.08. The third-order valence-electron chi connectivity index (χ3n) is 2.33. The molecule has 1 aromatic carbocycles. The van der Waals surface area contributed by atoms with E-state index >= 15 is 0 Å². The lowest BCUT2D eigenvalue weighted by atomic mass is 10.0. The number of terminal acetylenes is 1. The van der Waals surface area contributed by atoms with Crippen LogP contribution in [0.2, 0.25) is 0 Å². The summed E-state index contributed by atoms with van der Waals surface area (Å²) in [7, 11) is 1.27. The summed E-state index contributed by atoms with van der Waals surface area (Å²) >= 11 is 0. The third kappa shape index (κ3) is 3.02. The predicted octanol–water partition coefficient (Wildman–Crippen LogP) is 0.881. The lowest BCUT2D eigenvalue weighted by Crippen LogP contribution is -2.15. The van der Waals surface area contributed by atoms with Gasteiger partial charge in [0.1, 0.15) is 0 Å². The number of ether oxygens (including phenoxy) is 1. The second-order valence-electron chi connectivity index (χ2n) is 3.39. The first kappa shape index (κ1) is 14.1. The summed E-state index contributed by atoms with van der Waals surface area (Å²) in [6.07, 6.45) is 5.02. The molecule has 0 aliphatic carbocycles. The van der Waals surface area contributed by atoms with Crippen molar-refractivity contribution in [2.24, 2.45) is 5.73 Å². The molecule has 0 saturated heterocycles. The number of methoxy groups -OCH3 is 1. The van der Waals surface area contributed by atoms with E-state index in [0.29, 0.717) is 0 Å². The van der Waals surface area contributed by atoms with Gasteiger partial charge in [0.15, 0.2) is 0 Å². The molecule has 96 valence electrons. The number of benzene rings is 1. The van der Waals surface area contributed by atoms with Gasteiger partial charge < -0.3 is 10.5 Å². The van der Waals surface area contributed by atoms with Crippen LogP contribution in [-0.2, 0) is 6.42 Å². The van der Waals surface area contributed by atoms with Crippen molar-refractivity contribution in [3.05, 3.63) is 33.4 Å². The minimum absolute atomic E-state index is 0.0346. The zero-order valence-electron chi connectivity index (χ0n) is 10.1. The number of nitrogens with zero attached hydrogens (tertiary/aromatic N) is 1. The van der Waals surface area contributed by atoms with Gasteiger partial charge in [0.2, 0.25) is 11.7 Å². The second-order valence-corrected chi connectivity index (χ2v) is 3.39. The highest BCUT2D eigenvalue weighted by Crippen LogP contribution is 2.33. The molecule has 1 aromatic rings. The van der Waals surface area contributed by atoms with Gasteiger partial charge in [0.05, 0.1) is 12.0 Å². The minimum atomic E-state index is -0.717. The molecule has 6 heteroatoms. The maximum atomic E-state index is 11.3. The number of nitro benzene ring substituents is 1. The topological polar surface area (TPSA) is 95.5 Å². The summed E-state index contributed by atoms with van der Waals surface area (Å²) in [4.78, 5) is 21.6. The van der Waals surface area contributed by atoms with Crippen molar-refractivity contribution in [2.75, 3.05) is 7.11 Å². The fourth-order valence-corrected chi connectivity index (χ4v) is 1.58. The molecule has 0 saturated carbocycles. The molecule has 0 radical (unpaired) electrons. The van der Waals surface area contributed by atoms with E-state index in [0.717, 1.165) is 6.07 Å². The van der Waals surface area contributed by atoms with Crippen molar-refractivity contribution in [3.8, 4) is 29.9 Å². The lowest BCUT2D eigenvalue weighted by Gasteiger charge is -2.10. The highest BCUT2D eigenvalue weighted by Gasteiger charge is 2.23. The first-order chi connectivity index (χ1) is 9.02. The Morgan fingerprint density at radius 2 is 2.26 bits per heavy atom. The molecule has 0 aliphatic heterocycles. The van der Waals surface area contributed by atoms with Crippen molar-refractivity contribution in [1.29, 1.82) is 0 Å². The van der Waals surface area contributed by atoms with E-state index in [1.807, 2.05) is 0 Å². The number of nitrogens with two attached hydrogens (primary N) is 1. The molecule has 0 unspecified atom stereocenters. The van der Waals surface area contributed by atoms with Crippen molar-refractivity contribution in [3.63, 3.8) is 0 Å². The molecule has 0 atom stereocenters. The lowest BCUT2D eigenvalue weighted by molar-refractivity contribution is -0.385. The molecule has 0 aliphatic rings. The zero-order chi connectivity index (χ0) is 14.4. The van der Waals surface area contributed by atoms with Crippen LogP contribution in [-0.4, -0.2) is 17.9 Å². The zero-order valence-corrected chi connectivity index (χ0v) is 10.1.